The average molecular weight is 251 g/mol. The van der Waals surface area contributed by atoms with Gasteiger partial charge in [0.15, 0.2) is 5.69 Å². The summed E-state index contributed by atoms with van der Waals surface area (Å²) in [5.41, 5.74) is 0.184. The van der Waals surface area contributed by atoms with Gasteiger partial charge in [0.1, 0.15) is 5.82 Å². The first-order chi connectivity index (χ1) is 8.70. The van der Waals surface area contributed by atoms with E-state index in [0.717, 1.165) is 19.3 Å². The van der Waals surface area contributed by atoms with Gasteiger partial charge in [0.05, 0.1) is 13.2 Å². The molecule has 1 aliphatic carbocycles. The maximum atomic E-state index is 11.2. The standard InChI is InChI=1S/C12H17N3O3/c1-18-12(17)9-5-6-11(15-14-9)13-7-8-3-2-4-10(8)16/h5-6,8,10,16H,2-4,7H2,1H3,(H,13,15). The van der Waals surface area contributed by atoms with Gasteiger partial charge in [-0.25, -0.2) is 4.79 Å². The molecule has 0 spiro atoms. The topological polar surface area (TPSA) is 84.3 Å². The summed E-state index contributed by atoms with van der Waals surface area (Å²) in [4.78, 5) is 11.2. The van der Waals surface area contributed by atoms with Crippen LogP contribution in [0.3, 0.4) is 0 Å². The minimum Gasteiger partial charge on any atom is -0.464 e. The third-order valence-electron chi connectivity index (χ3n) is 3.22. The number of rotatable bonds is 4. The van der Waals surface area contributed by atoms with Crippen molar-refractivity contribution in [1.82, 2.24) is 10.2 Å². The number of nitrogens with zero attached hydrogens (tertiary/aromatic N) is 2. The Balaban J connectivity index is 1.88. The molecule has 18 heavy (non-hydrogen) atoms. The number of anilines is 1. The van der Waals surface area contributed by atoms with Crippen molar-refractivity contribution in [3.63, 3.8) is 0 Å². The summed E-state index contributed by atoms with van der Waals surface area (Å²) in [6.45, 7) is 0.674. The second-order valence-corrected chi connectivity index (χ2v) is 4.43. The van der Waals surface area contributed by atoms with Crippen molar-refractivity contribution in [3.05, 3.63) is 17.8 Å². The van der Waals surface area contributed by atoms with E-state index in [9.17, 15) is 9.90 Å². The van der Waals surface area contributed by atoms with Crippen LogP contribution in [0.4, 0.5) is 5.82 Å². The number of aliphatic hydroxyl groups is 1. The maximum absolute atomic E-state index is 11.2. The SMILES string of the molecule is COC(=O)c1ccc(NCC2CCCC2O)nn1. The van der Waals surface area contributed by atoms with Gasteiger partial charge in [0.25, 0.3) is 0 Å². The minimum absolute atomic E-state index is 0.184. The van der Waals surface area contributed by atoms with E-state index < -0.39 is 5.97 Å². The molecule has 0 saturated heterocycles. The Bertz CT molecular complexity index is 408. The number of carbonyl (C=O) groups is 1. The number of ether oxygens (including phenoxy) is 1. The van der Waals surface area contributed by atoms with Crippen LogP contribution in [-0.2, 0) is 4.74 Å². The Labute approximate surface area is 105 Å². The van der Waals surface area contributed by atoms with Crippen molar-refractivity contribution in [2.45, 2.75) is 25.4 Å². The van der Waals surface area contributed by atoms with E-state index in [2.05, 4.69) is 20.3 Å². The zero-order valence-electron chi connectivity index (χ0n) is 10.3. The fourth-order valence-electron chi connectivity index (χ4n) is 2.13. The van der Waals surface area contributed by atoms with Crippen molar-refractivity contribution >= 4 is 11.8 Å². The third-order valence-corrected chi connectivity index (χ3v) is 3.22. The Morgan fingerprint density at radius 1 is 1.50 bits per heavy atom. The van der Waals surface area contributed by atoms with Gasteiger partial charge in [-0.05, 0) is 25.0 Å². The van der Waals surface area contributed by atoms with Crippen LogP contribution in [-0.4, -0.2) is 41.0 Å². The summed E-state index contributed by atoms with van der Waals surface area (Å²) in [6.07, 6.45) is 2.75. The van der Waals surface area contributed by atoms with Gasteiger partial charge >= 0.3 is 5.97 Å². The van der Waals surface area contributed by atoms with Crippen LogP contribution in [0.25, 0.3) is 0 Å². The molecule has 0 aliphatic heterocycles. The predicted molar refractivity (Wildman–Crippen MR) is 65.2 cm³/mol. The fourth-order valence-corrected chi connectivity index (χ4v) is 2.13. The molecule has 0 radical (unpaired) electrons. The lowest BCUT2D eigenvalue weighted by molar-refractivity contribution is 0.0593. The number of aromatic nitrogens is 2. The maximum Gasteiger partial charge on any atom is 0.358 e. The lowest BCUT2D eigenvalue weighted by atomic mass is 10.1. The Kier molecular flexibility index (Phi) is 4.09. The summed E-state index contributed by atoms with van der Waals surface area (Å²) in [5.74, 6) is 0.370. The highest BCUT2D eigenvalue weighted by atomic mass is 16.5. The molecule has 1 aromatic rings. The van der Waals surface area contributed by atoms with Crippen molar-refractivity contribution in [3.8, 4) is 0 Å². The zero-order valence-corrected chi connectivity index (χ0v) is 10.3. The first kappa shape index (κ1) is 12.8. The molecule has 1 aliphatic rings. The van der Waals surface area contributed by atoms with Crippen LogP contribution < -0.4 is 5.32 Å². The number of carbonyl (C=O) groups excluding carboxylic acids is 1. The van der Waals surface area contributed by atoms with Gasteiger partial charge in [0.2, 0.25) is 0 Å². The second kappa shape index (κ2) is 5.77. The monoisotopic (exact) mass is 251 g/mol. The normalized spacial score (nSPS) is 22.8. The molecule has 2 N–H and O–H groups in total. The summed E-state index contributed by atoms with van der Waals surface area (Å²) < 4.78 is 4.54. The van der Waals surface area contributed by atoms with Crippen LogP contribution in [0.15, 0.2) is 12.1 Å². The van der Waals surface area contributed by atoms with E-state index >= 15 is 0 Å². The number of aliphatic hydroxyl groups excluding tert-OH is 1. The highest BCUT2D eigenvalue weighted by molar-refractivity contribution is 5.86. The van der Waals surface area contributed by atoms with E-state index in [1.54, 1.807) is 12.1 Å². The van der Waals surface area contributed by atoms with Crippen molar-refractivity contribution in [2.75, 3.05) is 19.0 Å². The molecule has 0 amide bonds. The van der Waals surface area contributed by atoms with Crippen LogP contribution in [0.2, 0.25) is 0 Å². The minimum atomic E-state index is -0.500. The zero-order chi connectivity index (χ0) is 13.0. The molecule has 6 heteroatoms. The molecule has 2 rings (SSSR count). The molecular formula is C12H17N3O3. The quantitative estimate of drug-likeness (QED) is 0.771. The van der Waals surface area contributed by atoms with E-state index in [4.69, 9.17) is 0 Å². The fraction of sp³-hybridized carbons (Fsp3) is 0.583. The molecule has 1 saturated carbocycles. The van der Waals surface area contributed by atoms with Gasteiger partial charge in [-0.2, -0.15) is 0 Å². The van der Waals surface area contributed by atoms with Gasteiger partial charge in [0, 0.05) is 12.5 Å². The average Bonchev–Trinajstić information content (AvgIpc) is 2.81. The number of methoxy groups -OCH3 is 1. The number of hydrogen-bond acceptors (Lipinski definition) is 6. The first-order valence-electron chi connectivity index (χ1n) is 6.04. The smallest absolute Gasteiger partial charge is 0.358 e. The van der Waals surface area contributed by atoms with Crippen molar-refractivity contribution < 1.29 is 14.6 Å². The third kappa shape index (κ3) is 2.95. The molecule has 1 aromatic heterocycles. The summed E-state index contributed by atoms with van der Waals surface area (Å²) in [5, 5.41) is 20.4. The summed E-state index contributed by atoms with van der Waals surface area (Å²) in [7, 11) is 1.30. The van der Waals surface area contributed by atoms with Crippen LogP contribution in [0, 0.1) is 5.92 Å². The molecule has 0 aromatic carbocycles. The van der Waals surface area contributed by atoms with E-state index in [-0.39, 0.29) is 17.7 Å². The highest BCUT2D eigenvalue weighted by Gasteiger charge is 2.24. The van der Waals surface area contributed by atoms with Crippen molar-refractivity contribution in [2.24, 2.45) is 5.92 Å². The second-order valence-electron chi connectivity index (χ2n) is 4.43. The molecule has 1 heterocycles. The first-order valence-corrected chi connectivity index (χ1v) is 6.04. The highest BCUT2D eigenvalue weighted by Crippen LogP contribution is 2.25. The number of nitrogens with one attached hydrogen (secondary N) is 1. The number of esters is 1. The number of hydrogen-bond donors (Lipinski definition) is 2. The van der Waals surface area contributed by atoms with Crippen LogP contribution in [0.1, 0.15) is 29.8 Å². The van der Waals surface area contributed by atoms with Gasteiger partial charge in [-0.1, -0.05) is 6.42 Å². The summed E-state index contributed by atoms with van der Waals surface area (Å²) in [6, 6.07) is 3.24. The molecule has 98 valence electrons. The lowest BCUT2D eigenvalue weighted by Crippen LogP contribution is -2.22. The summed E-state index contributed by atoms with van der Waals surface area (Å²) >= 11 is 0. The molecule has 6 nitrogen and oxygen atoms in total. The molecular weight excluding hydrogens is 234 g/mol. The Hall–Kier alpha value is -1.69. The van der Waals surface area contributed by atoms with E-state index in [0.29, 0.717) is 12.4 Å². The molecule has 0 bridgehead atoms. The van der Waals surface area contributed by atoms with E-state index in [1.165, 1.54) is 7.11 Å². The Morgan fingerprint density at radius 3 is 2.89 bits per heavy atom. The molecule has 2 atom stereocenters. The van der Waals surface area contributed by atoms with Gasteiger partial charge in [-0.3, -0.25) is 0 Å². The van der Waals surface area contributed by atoms with E-state index in [1.807, 2.05) is 0 Å². The van der Waals surface area contributed by atoms with Gasteiger partial charge < -0.3 is 15.2 Å². The lowest BCUT2D eigenvalue weighted by Gasteiger charge is -2.15. The van der Waals surface area contributed by atoms with Crippen LogP contribution in [0.5, 0.6) is 0 Å². The largest absolute Gasteiger partial charge is 0.464 e. The molecule has 2 unspecified atom stereocenters. The van der Waals surface area contributed by atoms with Gasteiger partial charge in [-0.15, -0.1) is 10.2 Å². The Morgan fingerprint density at radius 2 is 2.33 bits per heavy atom. The van der Waals surface area contributed by atoms with Crippen molar-refractivity contribution in [1.29, 1.82) is 0 Å². The predicted octanol–water partition coefficient (Wildman–Crippen LogP) is 0.836. The van der Waals surface area contributed by atoms with Crippen LogP contribution >= 0.6 is 0 Å². The molecule has 1 fully saturated rings.